The number of rotatable bonds is 9. The second kappa shape index (κ2) is 14.5. The lowest BCUT2D eigenvalue weighted by atomic mass is 9.89. The van der Waals surface area contributed by atoms with Gasteiger partial charge in [0.15, 0.2) is 5.75 Å². The molecule has 1 aromatic heterocycles. The summed E-state index contributed by atoms with van der Waals surface area (Å²) < 4.78 is 104. The summed E-state index contributed by atoms with van der Waals surface area (Å²) in [6.07, 6.45) is -7.46. The van der Waals surface area contributed by atoms with Gasteiger partial charge in [0.1, 0.15) is 25.3 Å². The van der Waals surface area contributed by atoms with Crippen LogP contribution < -0.4 is 19.7 Å². The van der Waals surface area contributed by atoms with E-state index < -0.39 is 66.1 Å². The Labute approximate surface area is 306 Å². The summed E-state index contributed by atoms with van der Waals surface area (Å²) >= 11 is 0. The van der Waals surface area contributed by atoms with E-state index in [-0.39, 0.29) is 43.2 Å². The molecule has 0 radical (unpaired) electrons. The summed E-state index contributed by atoms with van der Waals surface area (Å²) in [7, 11) is 0. The second-order valence-electron chi connectivity index (χ2n) is 13.3. The van der Waals surface area contributed by atoms with Crippen LogP contribution in [0, 0.1) is 0 Å². The van der Waals surface area contributed by atoms with Crippen molar-refractivity contribution in [1.82, 2.24) is 20.1 Å². The summed E-state index contributed by atoms with van der Waals surface area (Å²) in [6, 6.07) is 10.4. The van der Waals surface area contributed by atoms with Crippen molar-refractivity contribution < 1.29 is 54.9 Å². The molecule has 2 fully saturated rings. The standard InChI is InChI=1S/C37H37F6N5O6/c1-4-8-25-17-26(35(36(38,39)40,37(41,42)43)54-22-24-9-6-5-7-10-24)11-12-28(25)47-14-13-46(20-23(47)2)30(49)21-48-32(50)34(3,45-33(48)51)27-18-29-31(44-19-27)53-16-15-52-29/h4-12,17-19,23H,13-16,20-22H2,1-3H3,(H,45,51)/b8-4-/t23-,34?/m0/s1. The van der Waals surface area contributed by atoms with Crippen LogP contribution in [-0.2, 0) is 32.1 Å². The number of carbonyl (C=O) groups excluding carboxylic acids is 3. The first-order chi connectivity index (χ1) is 25.5. The number of hydrogen-bond acceptors (Lipinski definition) is 8. The molecule has 0 spiro atoms. The van der Waals surface area contributed by atoms with E-state index in [1.165, 1.54) is 60.5 Å². The topological polar surface area (TPSA) is 114 Å². The number of urea groups is 1. The Hall–Kier alpha value is -5.32. The maximum Gasteiger partial charge on any atom is 0.430 e. The maximum absolute atomic E-state index is 14.6. The zero-order valence-electron chi connectivity index (χ0n) is 29.5. The van der Waals surface area contributed by atoms with Crippen molar-refractivity contribution in [3.8, 4) is 11.6 Å². The van der Waals surface area contributed by atoms with Gasteiger partial charge in [-0.3, -0.25) is 14.5 Å². The average Bonchev–Trinajstić information content (AvgIpc) is 3.34. The minimum Gasteiger partial charge on any atom is -0.484 e. The van der Waals surface area contributed by atoms with Crippen molar-refractivity contribution in [2.24, 2.45) is 0 Å². The van der Waals surface area contributed by atoms with Gasteiger partial charge in [-0.25, -0.2) is 9.78 Å². The normalized spacial score (nSPS) is 20.8. The van der Waals surface area contributed by atoms with Crippen LogP contribution in [0.25, 0.3) is 6.08 Å². The first kappa shape index (κ1) is 38.4. The number of aromatic nitrogens is 1. The lowest BCUT2D eigenvalue weighted by molar-refractivity contribution is -0.392. The monoisotopic (exact) mass is 761 g/mol. The number of anilines is 1. The highest BCUT2D eigenvalue weighted by Gasteiger charge is 2.73. The zero-order valence-corrected chi connectivity index (χ0v) is 29.5. The smallest absolute Gasteiger partial charge is 0.430 e. The van der Waals surface area contributed by atoms with Gasteiger partial charge >= 0.3 is 18.4 Å². The Morgan fingerprint density at radius 1 is 1.02 bits per heavy atom. The Bertz CT molecular complexity index is 1930. The first-order valence-electron chi connectivity index (χ1n) is 17.0. The first-order valence-corrected chi connectivity index (χ1v) is 17.0. The van der Waals surface area contributed by atoms with Crippen LogP contribution in [0.4, 0.5) is 36.8 Å². The summed E-state index contributed by atoms with van der Waals surface area (Å²) in [6.45, 7) is 4.20. The number of amides is 4. The van der Waals surface area contributed by atoms with Crippen molar-refractivity contribution in [2.45, 2.75) is 56.9 Å². The van der Waals surface area contributed by atoms with Crippen molar-refractivity contribution in [1.29, 1.82) is 0 Å². The third-order valence-electron chi connectivity index (χ3n) is 9.71. The van der Waals surface area contributed by atoms with Gasteiger partial charge < -0.3 is 29.3 Å². The summed E-state index contributed by atoms with van der Waals surface area (Å²) in [5.41, 5.74) is -6.42. The number of allylic oxidation sites excluding steroid dienone is 1. The van der Waals surface area contributed by atoms with E-state index in [0.29, 0.717) is 23.6 Å². The van der Waals surface area contributed by atoms with E-state index in [1.807, 2.05) is 0 Å². The van der Waals surface area contributed by atoms with Crippen molar-refractivity contribution in [3.05, 3.63) is 89.1 Å². The molecule has 1 unspecified atom stereocenters. The molecule has 11 nitrogen and oxygen atoms in total. The van der Waals surface area contributed by atoms with Crippen LogP contribution in [0.15, 0.2) is 66.9 Å². The number of nitrogens with zero attached hydrogens (tertiary/aromatic N) is 4. The number of benzene rings is 2. The van der Waals surface area contributed by atoms with E-state index in [9.17, 15) is 40.7 Å². The molecule has 2 atom stereocenters. The van der Waals surface area contributed by atoms with Gasteiger partial charge in [0.2, 0.25) is 5.91 Å². The van der Waals surface area contributed by atoms with Crippen LogP contribution in [0.3, 0.4) is 0 Å². The summed E-state index contributed by atoms with van der Waals surface area (Å²) in [5, 5.41) is 2.63. The molecule has 17 heteroatoms. The predicted octanol–water partition coefficient (Wildman–Crippen LogP) is 5.93. The molecule has 2 aromatic carbocycles. The third kappa shape index (κ3) is 6.92. The van der Waals surface area contributed by atoms with Gasteiger partial charge in [0, 0.05) is 48.7 Å². The highest BCUT2D eigenvalue weighted by molar-refractivity contribution is 6.09. The number of ether oxygens (including phenoxy) is 3. The fourth-order valence-electron chi connectivity index (χ4n) is 6.87. The molecule has 0 saturated carbocycles. The Kier molecular flexibility index (Phi) is 10.3. The quantitative estimate of drug-likeness (QED) is 0.211. The fraction of sp³-hybridized carbons (Fsp3) is 0.405. The SMILES string of the molecule is C/C=C\c1cc(C(OCc2ccccc2)(C(F)(F)F)C(F)(F)F)ccc1N1CCN(C(=O)CN2C(=O)NC(C)(c3cnc4c(c3)OCCO4)C2=O)C[C@@H]1C. The third-order valence-corrected chi connectivity index (χ3v) is 9.71. The van der Waals surface area contributed by atoms with E-state index >= 15 is 0 Å². The largest absolute Gasteiger partial charge is 0.484 e. The van der Waals surface area contributed by atoms with Crippen molar-refractivity contribution in [3.63, 3.8) is 0 Å². The highest BCUT2D eigenvalue weighted by Crippen LogP contribution is 2.54. The van der Waals surface area contributed by atoms with Crippen LogP contribution in [0.5, 0.6) is 11.6 Å². The number of carbonyl (C=O) groups is 3. The molecule has 0 aliphatic carbocycles. The molecule has 3 aliphatic rings. The number of fused-ring (bicyclic) bond motifs is 1. The average molecular weight is 762 g/mol. The lowest BCUT2D eigenvalue weighted by Crippen LogP contribution is -2.56. The van der Waals surface area contributed by atoms with Crippen molar-refractivity contribution in [2.75, 3.05) is 44.3 Å². The molecule has 3 aliphatic heterocycles. The Morgan fingerprint density at radius 2 is 1.72 bits per heavy atom. The molecule has 6 rings (SSSR count). The number of nitrogens with one attached hydrogen (secondary N) is 1. The fourth-order valence-corrected chi connectivity index (χ4v) is 6.87. The summed E-state index contributed by atoms with van der Waals surface area (Å²) in [4.78, 5) is 48.3. The van der Waals surface area contributed by atoms with Gasteiger partial charge in [0.25, 0.3) is 17.4 Å². The number of halogens is 6. The maximum atomic E-state index is 14.6. The Balaban J connectivity index is 1.19. The van der Waals surface area contributed by atoms with Gasteiger partial charge in [-0.1, -0.05) is 48.6 Å². The molecular weight excluding hydrogens is 724 g/mol. The molecular formula is C37H37F6N5O6. The lowest BCUT2D eigenvalue weighted by Gasteiger charge is -2.42. The molecule has 0 bridgehead atoms. The zero-order chi connectivity index (χ0) is 39.1. The molecule has 2 saturated heterocycles. The van der Waals surface area contributed by atoms with Crippen LogP contribution in [0.1, 0.15) is 43.0 Å². The Morgan fingerprint density at radius 3 is 2.39 bits per heavy atom. The molecule has 4 amide bonds. The van der Waals surface area contributed by atoms with Crippen LogP contribution >= 0.6 is 0 Å². The number of hydrogen-bond donors (Lipinski definition) is 1. The van der Waals surface area contributed by atoms with Crippen LogP contribution in [0.2, 0.25) is 0 Å². The van der Waals surface area contributed by atoms with E-state index in [4.69, 9.17) is 14.2 Å². The number of imide groups is 1. The number of pyridine rings is 1. The predicted molar refractivity (Wildman–Crippen MR) is 182 cm³/mol. The molecule has 288 valence electrons. The second-order valence-corrected chi connectivity index (χ2v) is 13.3. The van der Waals surface area contributed by atoms with E-state index in [2.05, 4.69) is 10.3 Å². The number of alkyl halides is 6. The summed E-state index contributed by atoms with van der Waals surface area (Å²) in [5.74, 6) is -0.645. The molecule has 54 heavy (non-hydrogen) atoms. The number of piperazine rings is 1. The minimum absolute atomic E-state index is 0.0788. The van der Waals surface area contributed by atoms with Gasteiger partial charge in [0.05, 0.1) is 6.61 Å². The van der Waals surface area contributed by atoms with Crippen LogP contribution in [-0.4, -0.2) is 90.4 Å². The van der Waals surface area contributed by atoms with E-state index in [0.717, 1.165) is 17.0 Å². The molecule has 1 N–H and O–H groups in total. The van der Waals surface area contributed by atoms with Crippen molar-refractivity contribution >= 4 is 29.6 Å². The van der Waals surface area contributed by atoms with E-state index in [1.54, 1.807) is 30.9 Å². The van der Waals surface area contributed by atoms with Gasteiger partial charge in [-0.05, 0) is 50.1 Å². The molecule has 3 aromatic rings. The molecule has 4 heterocycles. The minimum atomic E-state index is -5.88. The van der Waals surface area contributed by atoms with Gasteiger partial charge in [-0.2, -0.15) is 26.3 Å². The highest BCUT2D eigenvalue weighted by atomic mass is 19.4. The van der Waals surface area contributed by atoms with Gasteiger partial charge in [-0.15, -0.1) is 0 Å².